The van der Waals surface area contributed by atoms with Gasteiger partial charge in [0.2, 0.25) is 0 Å². The van der Waals surface area contributed by atoms with Crippen LogP contribution in [0.2, 0.25) is 0 Å². The standard InChI is InChI=1S/C26H34N6O/c1-20-15-21(2)32(30-20)25-10-5-4-9-24(25)18-29-26(27-3)28-17-22-7-6-8-23(16-22)19-31-11-13-33-14-12-31/h4-10,15-16H,11-14,17-19H2,1-3H3,(H2,27,28,29). The molecule has 0 radical (unpaired) electrons. The number of hydrogen-bond donors (Lipinski definition) is 2. The number of rotatable bonds is 7. The van der Waals surface area contributed by atoms with Crippen LogP contribution in [0.4, 0.5) is 0 Å². The zero-order chi connectivity index (χ0) is 23.0. The molecule has 1 aliphatic heterocycles. The lowest BCUT2D eigenvalue weighted by molar-refractivity contribution is 0.0342. The molecule has 3 aromatic rings. The fourth-order valence-electron chi connectivity index (χ4n) is 4.18. The zero-order valence-corrected chi connectivity index (χ0v) is 19.8. The first-order valence-corrected chi connectivity index (χ1v) is 11.6. The van der Waals surface area contributed by atoms with Crippen LogP contribution in [0.1, 0.15) is 28.1 Å². The third-order valence-electron chi connectivity index (χ3n) is 5.86. The predicted octanol–water partition coefficient (Wildman–Crippen LogP) is 3.19. The molecule has 1 aromatic heterocycles. The van der Waals surface area contributed by atoms with Crippen LogP contribution in [0.15, 0.2) is 59.6 Å². The molecule has 0 atom stereocenters. The second kappa shape index (κ2) is 11.1. The lowest BCUT2D eigenvalue weighted by Crippen LogP contribution is -2.36. The summed E-state index contributed by atoms with van der Waals surface area (Å²) < 4.78 is 7.46. The first-order chi connectivity index (χ1) is 16.1. The summed E-state index contributed by atoms with van der Waals surface area (Å²) in [5.74, 6) is 0.775. The van der Waals surface area contributed by atoms with Crippen molar-refractivity contribution < 1.29 is 4.74 Å². The lowest BCUT2D eigenvalue weighted by Gasteiger charge is -2.26. The Labute approximate surface area is 196 Å². The van der Waals surface area contributed by atoms with Gasteiger partial charge >= 0.3 is 0 Å². The van der Waals surface area contributed by atoms with Crippen LogP contribution in [0.3, 0.4) is 0 Å². The molecular weight excluding hydrogens is 412 g/mol. The Bertz CT molecular complexity index is 1080. The molecule has 0 aliphatic carbocycles. The van der Waals surface area contributed by atoms with E-state index in [0.717, 1.165) is 62.4 Å². The molecule has 33 heavy (non-hydrogen) atoms. The van der Waals surface area contributed by atoms with E-state index in [0.29, 0.717) is 6.54 Å². The van der Waals surface area contributed by atoms with Gasteiger partial charge in [0.15, 0.2) is 5.96 Å². The van der Waals surface area contributed by atoms with Crippen LogP contribution in [0.25, 0.3) is 5.69 Å². The normalized spacial score (nSPS) is 14.9. The fraction of sp³-hybridized carbons (Fsp3) is 0.385. The van der Waals surface area contributed by atoms with Gasteiger partial charge in [-0.1, -0.05) is 42.5 Å². The summed E-state index contributed by atoms with van der Waals surface area (Å²) in [5, 5.41) is 11.5. The maximum absolute atomic E-state index is 5.46. The van der Waals surface area contributed by atoms with Crippen molar-refractivity contribution >= 4 is 5.96 Å². The maximum atomic E-state index is 5.46. The number of ether oxygens (including phenoxy) is 1. The third kappa shape index (κ3) is 6.21. The highest BCUT2D eigenvalue weighted by Crippen LogP contribution is 2.17. The summed E-state index contributed by atoms with van der Waals surface area (Å²) in [7, 11) is 1.80. The number of guanidine groups is 1. The molecule has 2 N–H and O–H groups in total. The SMILES string of the molecule is CN=C(NCc1cccc(CN2CCOCC2)c1)NCc1ccccc1-n1nc(C)cc1C. The minimum atomic E-state index is 0.658. The Balaban J connectivity index is 1.35. The number of nitrogens with one attached hydrogen (secondary N) is 2. The van der Waals surface area contributed by atoms with Crippen LogP contribution in [0, 0.1) is 13.8 Å². The van der Waals surface area contributed by atoms with E-state index in [1.165, 1.54) is 16.7 Å². The number of benzene rings is 2. The van der Waals surface area contributed by atoms with Gasteiger partial charge in [-0.15, -0.1) is 0 Å². The molecule has 0 amide bonds. The molecule has 1 aliphatic rings. The Morgan fingerprint density at radius 1 is 0.970 bits per heavy atom. The molecule has 7 nitrogen and oxygen atoms in total. The van der Waals surface area contributed by atoms with Gasteiger partial charge in [-0.3, -0.25) is 9.89 Å². The Morgan fingerprint density at radius 3 is 2.48 bits per heavy atom. The van der Waals surface area contributed by atoms with Crippen molar-refractivity contribution in [3.8, 4) is 5.69 Å². The summed E-state index contributed by atoms with van der Waals surface area (Å²) in [6.45, 7) is 10.1. The largest absolute Gasteiger partial charge is 0.379 e. The van der Waals surface area contributed by atoms with E-state index in [-0.39, 0.29) is 0 Å². The van der Waals surface area contributed by atoms with Crippen LogP contribution in [-0.2, 0) is 24.4 Å². The van der Waals surface area contributed by atoms with Gasteiger partial charge in [0.05, 0.1) is 24.6 Å². The molecule has 2 aromatic carbocycles. The number of aliphatic imine (C=N–C) groups is 1. The highest BCUT2D eigenvalue weighted by atomic mass is 16.5. The highest BCUT2D eigenvalue weighted by molar-refractivity contribution is 5.79. The monoisotopic (exact) mass is 446 g/mol. The minimum absolute atomic E-state index is 0.658. The summed E-state index contributed by atoms with van der Waals surface area (Å²) in [4.78, 5) is 6.85. The second-order valence-corrected chi connectivity index (χ2v) is 8.46. The van der Waals surface area contributed by atoms with Crippen LogP contribution in [0.5, 0.6) is 0 Å². The minimum Gasteiger partial charge on any atom is -0.379 e. The van der Waals surface area contributed by atoms with E-state index >= 15 is 0 Å². The Morgan fingerprint density at radius 2 is 1.73 bits per heavy atom. The zero-order valence-electron chi connectivity index (χ0n) is 19.8. The van der Waals surface area contributed by atoms with Crippen LogP contribution < -0.4 is 10.6 Å². The van der Waals surface area contributed by atoms with E-state index in [2.05, 4.69) is 81.1 Å². The van der Waals surface area contributed by atoms with Crippen molar-refractivity contribution in [2.75, 3.05) is 33.4 Å². The fourth-order valence-corrected chi connectivity index (χ4v) is 4.18. The molecular formula is C26H34N6O. The molecule has 7 heteroatoms. The van der Waals surface area contributed by atoms with Gasteiger partial charge in [0.25, 0.3) is 0 Å². The van der Waals surface area contributed by atoms with E-state index < -0.39 is 0 Å². The van der Waals surface area contributed by atoms with Crippen molar-refractivity contribution in [3.05, 3.63) is 82.7 Å². The molecule has 0 unspecified atom stereocenters. The highest BCUT2D eigenvalue weighted by Gasteiger charge is 2.11. The van der Waals surface area contributed by atoms with Gasteiger partial charge in [-0.25, -0.2) is 4.68 Å². The maximum Gasteiger partial charge on any atom is 0.191 e. The molecule has 2 heterocycles. The van der Waals surface area contributed by atoms with Crippen molar-refractivity contribution in [1.29, 1.82) is 0 Å². The number of hydrogen-bond acceptors (Lipinski definition) is 4. The average molecular weight is 447 g/mol. The molecule has 0 bridgehead atoms. The Hall–Kier alpha value is -3.16. The van der Waals surface area contributed by atoms with Crippen molar-refractivity contribution in [1.82, 2.24) is 25.3 Å². The van der Waals surface area contributed by atoms with Gasteiger partial charge in [0, 0.05) is 45.5 Å². The molecule has 1 fully saturated rings. The third-order valence-corrected chi connectivity index (χ3v) is 5.86. The van der Waals surface area contributed by atoms with E-state index in [4.69, 9.17) is 4.74 Å². The molecule has 1 saturated heterocycles. The van der Waals surface area contributed by atoms with Crippen LogP contribution >= 0.6 is 0 Å². The van der Waals surface area contributed by atoms with Crippen molar-refractivity contribution in [2.45, 2.75) is 33.5 Å². The van der Waals surface area contributed by atoms with Crippen molar-refractivity contribution in [3.63, 3.8) is 0 Å². The predicted molar refractivity (Wildman–Crippen MR) is 133 cm³/mol. The van der Waals surface area contributed by atoms with E-state index in [1.807, 2.05) is 17.7 Å². The van der Waals surface area contributed by atoms with Crippen molar-refractivity contribution in [2.24, 2.45) is 4.99 Å². The van der Waals surface area contributed by atoms with Gasteiger partial charge < -0.3 is 15.4 Å². The number of nitrogens with zero attached hydrogens (tertiary/aromatic N) is 4. The second-order valence-electron chi connectivity index (χ2n) is 8.46. The number of morpholine rings is 1. The average Bonchev–Trinajstić information content (AvgIpc) is 3.18. The number of aromatic nitrogens is 2. The Kier molecular flexibility index (Phi) is 7.75. The molecule has 0 spiro atoms. The van der Waals surface area contributed by atoms with Gasteiger partial charge in [-0.05, 0) is 42.7 Å². The summed E-state index contributed by atoms with van der Waals surface area (Å²) in [6.07, 6.45) is 0. The quantitative estimate of drug-likeness (QED) is 0.431. The van der Waals surface area contributed by atoms with Gasteiger partial charge in [0.1, 0.15) is 0 Å². The first-order valence-electron chi connectivity index (χ1n) is 11.6. The number of para-hydroxylation sites is 1. The number of aryl methyl sites for hydroxylation is 2. The first kappa shape index (κ1) is 23.0. The molecule has 0 saturated carbocycles. The molecule has 174 valence electrons. The summed E-state index contributed by atoms with van der Waals surface area (Å²) in [5.41, 5.74) is 6.97. The summed E-state index contributed by atoms with van der Waals surface area (Å²) >= 11 is 0. The molecule has 4 rings (SSSR count). The smallest absolute Gasteiger partial charge is 0.191 e. The van der Waals surface area contributed by atoms with Gasteiger partial charge in [-0.2, -0.15) is 5.10 Å². The van der Waals surface area contributed by atoms with E-state index in [1.54, 1.807) is 7.05 Å². The topological polar surface area (TPSA) is 66.7 Å². The van der Waals surface area contributed by atoms with Crippen LogP contribution in [-0.4, -0.2) is 54.0 Å². The van der Waals surface area contributed by atoms with E-state index in [9.17, 15) is 0 Å². The lowest BCUT2D eigenvalue weighted by atomic mass is 10.1. The summed E-state index contributed by atoms with van der Waals surface area (Å²) in [6, 6.07) is 19.2.